The summed E-state index contributed by atoms with van der Waals surface area (Å²) in [5.74, 6) is 0.100. The fourth-order valence-electron chi connectivity index (χ4n) is 10.1. The smallest absolute Gasteiger partial charge is 0.462 e. The summed E-state index contributed by atoms with van der Waals surface area (Å²) < 4.78 is 68.3. The minimum absolute atomic E-state index is 0.0976. The first kappa shape index (κ1) is 87.5. The first-order chi connectivity index (χ1) is 43.3. The van der Waals surface area contributed by atoms with Crippen LogP contribution in [0.25, 0.3) is 0 Å². The molecule has 0 heterocycles. The minimum Gasteiger partial charge on any atom is -0.462 e. The van der Waals surface area contributed by atoms with Crippen molar-refractivity contribution in [1.82, 2.24) is 0 Å². The molecule has 0 spiro atoms. The van der Waals surface area contributed by atoms with Gasteiger partial charge in [-0.25, -0.2) is 9.13 Å². The molecule has 5 unspecified atom stereocenters. The first-order valence-electron chi connectivity index (χ1n) is 36.2. The number of allylic oxidation sites excluding steroid dienone is 4. The van der Waals surface area contributed by atoms with Gasteiger partial charge in [-0.2, -0.15) is 0 Å². The summed E-state index contributed by atoms with van der Waals surface area (Å²) in [6.45, 7) is 11.7. The van der Waals surface area contributed by atoms with Gasteiger partial charge in [0.1, 0.15) is 19.3 Å². The molecule has 0 aromatic heterocycles. The highest BCUT2D eigenvalue weighted by atomic mass is 31.2. The Balaban J connectivity index is 5.30. The number of ether oxygens (including phenoxy) is 4. The molecule has 0 amide bonds. The quantitative estimate of drug-likeness (QED) is 0.0169. The molecule has 0 aliphatic carbocycles. The lowest BCUT2D eigenvalue weighted by molar-refractivity contribution is -0.161. The van der Waals surface area contributed by atoms with Crippen LogP contribution in [0.2, 0.25) is 0 Å². The van der Waals surface area contributed by atoms with Crippen LogP contribution in [0.4, 0.5) is 0 Å². The van der Waals surface area contributed by atoms with E-state index in [0.717, 1.165) is 127 Å². The molecule has 0 aliphatic heterocycles. The van der Waals surface area contributed by atoms with Gasteiger partial charge in [-0.05, 0) is 69.1 Å². The van der Waals surface area contributed by atoms with Gasteiger partial charge in [0.05, 0.1) is 26.4 Å². The van der Waals surface area contributed by atoms with Crippen molar-refractivity contribution in [1.29, 1.82) is 0 Å². The lowest BCUT2D eigenvalue weighted by atomic mass is 9.99. The van der Waals surface area contributed by atoms with Crippen LogP contribution in [0, 0.1) is 17.8 Å². The molecule has 530 valence electrons. The number of aliphatic hydroxyl groups is 1. The Morgan fingerprint density at radius 2 is 0.656 bits per heavy atom. The lowest BCUT2D eigenvalue weighted by Crippen LogP contribution is -2.30. The van der Waals surface area contributed by atoms with Crippen LogP contribution in [0.1, 0.15) is 331 Å². The predicted octanol–water partition coefficient (Wildman–Crippen LogP) is 19.8. The number of hydrogen-bond donors (Lipinski definition) is 3. The normalized spacial score (nSPS) is 15.0. The summed E-state index contributed by atoms with van der Waals surface area (Å²) in [6, 6.07) is 0. The van der Waals surface area contributed by atoms with E-state index in [1.165, 1.54) is 122 Å². The molecule has 0 aromatic carbocycles. The molecule has 0 fully saturated rings. The average molecular weight is 1320 g/mol. The molecule has 0 saturated heterocycles. The van der Waals surface area contributed by atoms with E-state index in [9.17, 15) is 43.2 Å². The molecule has 0 aromatic rings. The largest absolute Gasteiger partial charge is 0.472 e. The van der Waals surface area contributed by atoms with E-state index in [1.807, 2.05) is 0 Å². The van der Waals surface area contributed by atoms with E-state index < -0.39 is 97.5 Å². The molecular weight excluding hydrogens is 1190 g/mol. The monoisotopic (exact) mass is 1320 g/mol. The Hall–Kier alpha value is -2.46. The van der Waals surface area contributed by atoms with E-state index in [-0.39, 0.29) is 25.7 Å². The molecular formula is C71H134O17P2. The minimum atomic E-state index is -4.96. The molecule has 0 rings (SSSR count). The van der Waals surface area contributed by atoms with Crippen LogP contribution in [-0.4, -0.2) is 96.7 Å². The Labute approximate surface area is 548 Å². The third-order valence-electron chi connectivity index (χ3n) is 16.5. The van der Waals surface area contributed by atoms with Gasteiger partial charge in [0.25, 0.3) is 0 Å². The van der Waals surface area contributed by atoms with E-state index in [0.29, 0.717) is 25.7 Å². The maximum Gasteiger partial charge on any atom is 0.472 e. The van der Waals surface area contributed by atoms with Crippen molar-refractivity contribution in [3.63, 3.8) is 0 Å². The number of phosphoric acid groups is 2. The number of rotatable bonds is 67. The zero-order chi connectivity index (χ0) is 66.6. The van der Waals surface area contributed by atoms with Gasteiger partial charge in [0.15, 0.2) is 12.2 Å². The van der Waals surface area contributed by atoms with Crippen molar-refractivity contribution < 1.29 is 80.2 Å². The van der Waals surface area contributed by atoms with E-state index in [1.54, 1.807) is 0 Å². The van der Waals surface area contributed by atoms with Gasteiger partial charge < -0.3 is 33.8 Å². The van der Waals surface area contributed by atoms with Gasteiger partial charge in [-0.3, -0.25) is 37.3 Å². The topological polar surface area (TPSA) is 237 Å². The van der Waals surface area contributed by atoms with Crippen LogP contribution in [-0.2, 0) is 65.4 Å². The van der Waals surface area contributed by atoms with Gasteiger partial charge in [0, 0.05) is 25.7 Å². The fraction of sp³-hybridized carbons (Fsp3) is 0.887. The Kier molecular flexibility index (Phi) is 59.7. The molecule has 90 heavy (non-hydrogen) atoms. The number of unbranched alkanes of at least 4 members (excludes halogenated alkanes) is 30. The SMILES string of the molecule is CCCCCC/C=C\C=C/CCCCCCCC(=O)OC[C@H](COP(=O)(O)OCC(O)COP(=O)(O)OC[C@@H](COC(=O)CCCCCCCCCCC(C)C)OC(=O)CCCCCCCCCCC(C)CC)OC(=O)CCCCCCCCCCC(C)CC. The van der Waals surface area contributed by atoms with Crippen molar-refractivity contribution in [2.45, 2.75) is 349 Å². The molecule has 19 heteroatoms. The molecule has 0 bridgehead atoms. The van der Waals surface area contributed by atoms with Crippen molar-refractivity contribution in [3.8, 4) is 0 Å². The zero-order valence-electron chi connectivity index (χ0n) is 58.1. The summed E-state index contributed by atoms with van der Waals surface area (Å²) >= 11 is 0. The van der Waals surface area contributed by atoms with Crippen molar-refractivity contribution in [2.75, 3.05) is 39.6 Å². The lowest BCUT2D eigenvalue weighted by Gasteiger charge is -2.21. The van der Waals surface area contributed by atoms with Gasteiger partial charge in [0.2, 0.25) is 0 Å². The number of carbonyl (C=O) groups is 4. The maximum atomic E-state index is 13.0. The third kappa shape index (κ3) is 61.7. The molecule has 0 aliphatic rings. The second-order valence-electron chi connectivity index (χ2n) is 25.9. The Morgan fingerprint density at radius 1 is 0.367 bits per heavy atom. The number of phosphoric ester groups is 2. The summed E-state index contributed by atoms with van der Waals surface area (Å²) in [6.07, 6.45) is 47.9. The summed E-state index contributed by atoms with van der Waals surface area (Å²) in [5, 5.41) is 10.6. The predicted molar refractivity (Wildman–Crippen MR) is 363 cm³/mol. The van der Waals surface area contributed by atoms with Crippen molar-refractivity contribution >= 4 is 39.5 Å². The highest BCUT2D eigenvalue weighted by molar-refractivity contribution is 7.47. The molecule has 0 saturated carbocycles. The zero-order valence-corrected chi connectivity index (χ0v) is 59.9. The van der Waals surface area contributed by atoms with Crippen LogP contribution in [0.15, 0.2) is 24.3 Å². The van der Waals surface area contributed by atoms with Crippen molar-refractivity contribution in [3.05, 3.63) is 24.3 Å². The Bertz CT molecular complexity index is 1860. The van der Waals surface area contributed by atoms with Crippen LogP contribution < -0.4 is 0 Å². The number of aliphatic hydroxyl groups excluding tert-OH is 1. The molecule has 3 N–H and O–H groups in total. The average Bonchev–Trinajstić information content (AvgIpc) is 3.02. The number of hydrogen-bond acceptors (Lipinski definition) is 15. The highest BCUT2D eigenvalue weighted by Crippen LogP contribution is 2.45. The second kappa shape index (κ2) is 61.4. The molecule has 7 atom stereocenters. The van der Waals surface area contributed by atoms with Crippen molar-refractivity contribution in [2.24, 2.45) is 17.8 Å². The fourth-order valence-corrected chi connectivity index (χ4v) is 11.7. The second-order valence-corrected chi connectivity index (χ2v) is 28.8. The van der Waals surface area contributed by atoms with E-state index in [4.69, 9.17) is 37.0 Å². The molecule has 17 nitrogen and oxygen atoms in total. The van der Waals surface area contributed by atoms with E-state index in [2.05, 4.69) is 72.8 Å². The van der Waals surface area contributed by atoms with Crippen LogP contribution in [0.3, 0.4) is 0 Å². The number of esters is 4. The first-order valence-corrected chi connectivity index (χ1v) is 39.2. The summed E-state index contributed by atoms with van der Waals surface area (Å²) in [4.78, 5) is 72.6. The highest BCUT2D eigenvalue weighted by Gasteiger charge is 2.30. The standard InChI is InChI=1S/C71H134O17P2/c1-8-11-12-13-14-15-16-17-18-19-20-21-31-38-45-52-68(73)81-58-66(87-70(75)54-47-40-33-26-23-29-36-43-50-63(6)9-2)60-85-89(77,78)83-56-65(72)57-84-90(79,80)86-61-67(59-82-69(74)53-46-39-32-25-22-28-35-42-49-62(4)5)88-71(76)55-48-41-34-27-24-30-37-44-51-64(7)10-3/h15-18,62-67,72H,8-14,19-61H2,1-7H3,(H,77,78)(H,79,80)/b16-15-,18-17-/t63?,64?,65?,66-,67-/m1/s1. The van der Waals surface area contributed by atoms with Crippen LogP contribution >= 0.6 is 15.6 Å². The Morgan fingerprint density at radius 3 is 0.989 bits per heavy atom. The summed E-state index contributed by atoms with van der Waals surface area (Å²) in [5.41, 5.74) is 0. The maximum absolute atomic E-state index is 13.0. The van der Waals surface area contributed by atoms with Gasteiger partial charge in [-0.1, -0.05) is 278 Å². The summed E-state index contributed by atoms with van der Waals surface area (Å²) in [7, 11) is -9.92. The van der Waals surface area contributed by atoms with E-state index >= 15 is 0 Å². The van der Waals surface area contributed by atoms with Gasteiger partial charge in [-0.15, -0.1) is 0 Å². The molecule has 0 radical (unpaired) electrons. The number of carbonyl (C=O) groups excluding carboxylic acids is 4. The van der Waals surface area contributed by atoms with Crippen LogP contribution in [0.5, 0.6) is 0 Å². The third-order valence-corrected chi connectivity index (χ3v) is 18.4. The van der Waals surface area contributed by atoms with Gasteiger partial charge >= 0.3 is 39.5 Å².